The number of benzene rings is 3. The lowest BCUT2D eigenvalue weighted by molar-refractivity contribution is 0.0926. The maximum Gasteiger partial charge on any atom is 0.270 e. The van der Waals surface area contributed by atoms with E-state index in [1.54, 1.807) is 11.3 Å². The molecular formula is C30H31N3OS. The smallest absolute Gasteiger partial charge is 0.270 e. The van der Waals surface area contributed by atoms with E-state index < -0.39 is 0 Å². The minimum Gasteiger partial charge on any atom is -0.350 e. The molecule has 0 bridgehead atoms. The zero-order valence-electron chi connectivity index (χ0n) is 20.0. The molecule has 4 aromatic rings. The summed E-state index contributed by atoms with van der Waals surface area (Å²) in [7, 11) is 0. The van der Waals surface area contributed by atoms with E-state index in [-0.39, 0.29) is 5.91 Å². The lowest BCUT2D eigenvalue weighted by Crippen LogP contribution is -2.40. The molecule has 0 spiro atoms. The van der Waals surface area contributed by atoms with E-state index in [1.807, 2.05) is 5.38 Å². The molecule has 0 radical (unpaired) electrons. The molecule has 1 aliphatic heterocycles. The Morgan fingerprint density at radius 1 is 1.03 bits per heavy atom. The van der Waals surface area contributed by atoms with Crippen LogP contribution in [0.15, 0.2) is 66.0 Å². The SMILES string of the molecule is O=C(NC[C@@H]1CCCN(Cc2cccc3ccccc23)C1)c1csc(-c2ccc3c(c2)CCC3)n1. The van der Waals surface area contributed by atoms with Gasteiger partial charge >= 0.3 is 0 Å². The summed E-state index contributed by atoms with van der Waals surface area (Å²) in [6.07, 6.45) is 5.90. The number of thiazole rings is 1. The number of likely N-dealkylation sites (tertiary alicyclic amines) is 1. The van der Waals surface area contributed by atoms with Crippen LogP contribution in [0.25, 0.3) is 21.3 Å². The number of aromatic nitrogens is 1. The van der Waals surface area contributed by atoms with E-state index in [4.69, 9.17) is 0 Å². The molecule has 1 amide bonds. The van der Waals surface area contributed by atoms with Crippen molar-refractivity contribution in [2.75, 3.05) is 19.6 Å². The van der Waals surface area contributed by atoms with Gasteiger partial charge in [0.25, 0.3) is 5.91 Å². The average Bonchev–Trinajstić information content (AvgIpc) is 3.57. The maximum absolute atomic E-state index is 12.9. The average molecular weight is 482 g/mol. The van der Waals surface area contributed by atoms with Gasteiger partial charge in [0.05, 0.1) is 0 Å². The van der Waals surface area contributed by atoms with Crippen molar-refractivity contribution in [1.82, 2.24) is 15.2 Å². The van der Waals surface area contributed by atoms with E-state index in [0.717, 1.165) is 43.0 Å². The molecule has 0 saturated carbocycles. The molecule has 0 unspecified atom stereocenters. The van der Waals surface area contributed by atoms with Crippen molar-refractivity contribution in [1.29, 1.82) is 0 Å². The molecule has 1 N–H and O–H groups in total. The van der Waals surface area contributed by atoms with Crippen LogP contribution in [0.1, 0.15) is 46.4 Å². The number of hydrogen-bond acceptors (Lipinski definition) is 4. The van der Waals surface area contributed by atoms with Gasteiger partial charge in [-0.25, -0.2) is 4.98 Å². The summed E-state index contributed by atoms with van der Waals surface area (Å²) in [5.74, 6) is 0.414. The summed E-state index contributed by atoms with van der Waals surface area (Å²) < 4.78 is 0. The van der Waals surface area contributed by atoms with Gasteiger partial charge in [-0.05, 0) is 78.1 Å². The second kappa shape index (κ2) is 9.92. The maximum atomic E-state index is 12.9. The standard InChI is InChI=1S/C30H31N3OS/c34-29(28-20-35-30(32-28)25-14-13-22-8-3-10-24(22)16-25)31-17-21-6-5-15-33(18-21)19-26-11-4-9-23-7-1-2-12-27(23)26/h1-2,4,7,9,11-14,16,20-21H,3,5-6,8,10,15,17-19H2,(H,31,34)/t21-/m0/s1. The zero-order valence-corrected chi connectivity index (χ0v) is 20.8. The Bertz CT molecular complexity index is 1360. The largest absolute Gasteiger partial charge is 0.350 e. The molecule has 178 valence electrons. The van der Waals surface area contributed by atoms with Gasteiger partial charge in [-0.2, -0.15) is 0 Å². The summed E-state index contributed by atoms with van der Waals surface area (Å²) in [6.45, 7) is 3.80. The Hall–Kier alpha value is -3.02. The van der Waals surface area contributed by atoms with Crippen LogP contribution >= 0.6 is 11.3 Å². The van der Waals surface area contributed by atoms with Crippen molar-refractivity contribution in [3.8, 4) is 10.6 Å². The van der Waals surface area contributed by atoms with Gasteiger partial charge in [-0.15, -0.1) is 11.3 Å². The Kier molecular flexibility index (Phi) is 6.36. The number of carbonyl (C=O) groups is 1. The first-order valence-corrected chi connectivity index (χ1v) is 13.7. The predicted octanol–water partition coefficient (Wildman–Crippen LogP) is 6.09. The predicted molar refractivity (Wildman–Crippen MR) is 144 cm³/mol. The highest BCUT2D eigenvalue weighted by Crippen LogP contribution is 2.30. The fourth-order valence-electron chi connectivity index (χ4n) is 5.68. The molecule has 5 heteroatoms. The quantitative estimate of drug-likeness (QED) is 0.362. The summed E-state index contributed by atoms with van der Waals surface area (Å²) in [6, 6.07) is 21.8. The van der Waals surface area contributed by atoms with Crippen LogP contribution in [0, 0.1) is 5.92 Å². The number of aryl methyl sites for hydroxylation is 2. The first-order valence-electron chi connectivity index (χ1n) is 12.8. The Labute approximate surface area is 211 Å². The number of fused-ring (bicyclic) bond motifs is 2. The van der Waals surface area contributed by atoms with E-state index in [0.29, 0.717) is 18.2 Å². The number of hydrogen-bond donors (Lipinski definition) is 1. The molecule has 2 aliphatic rings. The summed E-state index contributed by atoms with van der Waals surface area (Å²) in [5.41, 5.74) is 5.95. The lowest BCUT2D eigenvalue weighted by Gasteiger charge is -2.33. The number of carbonyl (C=O) groups excluding carboxylic acids is 1. The first-order chi connectivity index (χ1) is 17.2. The number of nitrogens with zero attached hydrogens (tertiary/aromatic N) is 2. The third-order valence-electron chi connectivity index (χ3n) is 7.51. The van der Waals surface area contributed by atoms with Crippen molar-refractivity contribution in [2.45, 2.75) is 38.6 Å². The molecule has 2 heterocycles. The van der Waals surface area contributed by atoms with E-state index in [9.17, 15) is 4.79 Å². The minimum atomic E-state index is -0.0557. The van der Waals surface area contributed by atoms with Gasteiger partial charge in [0, 0.05) is 30.6 Å². The normalized spacial score (nSPS) is 18.0. The van der Waals surface area contributed by atoms with Crippen molar-refractivity contribution in [3.63, 3.8) is 0 Å². The molecule has 1 aliphatic carbocycles. The van der Waals surface area contributed by atoms with Crippen LogP contribution in [-0.4, -0.2) is 35.4 Å². The highest BCUT2D eigenvalue weighted by molar-refractivity contribution is 7.13. The third kappa shape index (κ3) is 4.89. The number of piperidine rings is 1. The topological polar surface area (TPSA) is 45.2 Å². The van der Waals surface area contributed by atoms with Crippen LogP contribution in [0.4, 0.5) is 0 Å². The van der Waals surface area contributed by atoms with Gasteiger partial charge in [-0.3, -0.25) is 9.69 Å². The monoisotopic (exact) mass is 481 g/mol. The third-order valence-corrected chi connectivity index (χ3v) is 8.40. The molecule has 35 heavy (non-hydrogen) atoms. The molecule has 4 nitrogen and oxygen atoms in total. The van der Waals surface area contributed by atoms with E-state index >= 15 is 0 Å². The molecule has 3 aromatic carbocycles. The second-order valence-corrected chi connectivity index (χ2v) is 10.8. The molecule has 6 rings (SSSR count). The van der Waals surface area contributed by atoms with Crippen molar-refractivity contribution >= 4 is 28.0 Å². The lowest BCUT2D eigenvalue weighted by atomic mass is 9.96. The fourth-order valence-corrected chi connectivity index (χ4v) is 6.47. The second-order valence-electron chi connectivity index (χ2n) is 9.97. The highest BCUT2D eigenvalue weighted by atomic mass is 32.1. The molecule has 1 aromatic heterocycles. The Balaban J connectivity index is 1.06. The number of rotatable bonds is 6. The minimum absolute atomic E-state index is 0.0557. The summed E-state index contributed by atoms with van der Waals surface area (Å²) in [5, 5.41) is 8.64. The van der Waals surface area contributed by atoms with Crippen LogP contribution in [-0.2, 0) is 19.4 Å². The van der Waals surface area contributed by atoms with Crippen LogP contribution in [0.5, 0.6) is 0 Å². The van der Waals surface area contributed by atoms with Gasteiger partial charge in [-0.1, -0.05) is 54.6 Å². The summed E-state index contributed by atoms with van der Waals surface area (Å²) in [4.78, 5) is 20.1. The van der Waals surface area contributed by atoms with Crippen LogP contribution in [0.3, 0.4) is 0 Å². The van der Waals surface area contributed by atoms with E-state index in [1.165, 1.54) is 46.7 Å². The molecule has 1 atom stereocenters. The Morgan fingerprint density at radius 2 is 1.91 bits per heavy atom. The zero-order chi connectivity index (χ0) is 23.6. The molecule has 1 saturated heterocycles. The van der Waals surface area contributed by atoms with Gasteiger partial charge in [0.1, 0.15) is 10.7 Å². The van der Waals surface area contributed by atoms with Crippen molar-refractivity contribution in [2.24, 2.45) is 5.92 Å². The molecular weight excluding hydrogens is 450 g/mol. The summed E-state index contributed by atoms with van der Waals surface area (Å²) >= 11 is 1.56. The molecule has 1 fully saturated rings. The van der Waals surface area contributed by atoms with Crippen molar-refractivity contribution < 1.29 is 4.79 Å². The Morgan fingerprint density at radius 3 is 2.89 bits per heavy atom. The number of nitrogens with one attached hydrogen (secondary N) is 1. The number of amides is 1. The van der Waals surface area contributed by atoms with Gasteiger partial charge in [0.2, 0.25) is 0 Å². The highest BCUT2D eigenvalue weighted by Gasteiger charge is 2.22. The first kappa shape index (κ1) is 22.4. The van der Waals surface area contributed by atoms with Crippen molar-refractivity contribution in [3.05, 3.63) is 88.4 Å². The fraction of sp³-hybridized carbons (Fsp3) is 0.333. The van der Waals surface area contributed by atoms with Gasteiger partial charge < -0.3 is 5.32 Å². The van der Waals surface area contributed by atoms with E-state index in [2.05, 4.69) is 75.9 Å². The van der Waals surface area contributed by atoms with Gasteiger partial charge in [0.15, 0.2) is 0 Å². The van der Waals surface area contributed by atoms with Crippen LogP contribution in [0.2, 0.25) is 0 Å². The van der Waals surface area contributed by atoms with Crippen LogP contribution < -0.4 is 5.32 Å².